The largest absolute Gasteiger partial charge is 0.496 e. The molecule has 0 spiro atoms. The second-order valence-corrected chi connectivity index (χ2v) is 8.08. The molecule has 5 nitrogen and oxygen atoms in total. The lowest BCUT2D eigenvalue weighted by Gasteiger charge is -2.38. The van der Waals surface area contributed by atoms with E-state index in [2.05, 4.69) is 5.32 Å². The van der Waals surface area contributed by atoms with Crippen LogP contribution in [0.15, 0.2) is 72.8 Å². The molecule has 0 saturated heterocycles. The van der Waals surface area contributed by atoms with E-state index in [1.54, 1.807) is 48.5 Å². The van der Waals surface area contributed by atoms with Crippen LogP contribution in [0.4, 0.5) is 5.69 Å². The molecule has 3 aromatic rings. The number of rotatable bonds is 4. The third-order valence-corrected chi connectivity index (χ3v) is 5.84. The number of alkyl halides is 1. The van der Waals surface area contributed by atoms with E-state index >= 15 is 0 Å². The first-order valence-electron chi connectivity index (χ1n) is 9.75. The standard InChI is InChI=1S/C24H20Cl2N2O3/c1-31-21-10-6-5-9-18(21)24(30)28-20-13-16(25)11-12-17(20)19(14-22(28)26)27-23(29)15-7-3-2-4-8-15/h2-13,19,22H,14H2,1H3,(H,27,29). The summed E-state index contributed by atoms with van der Waals surface area (Å²) in [5.74, 6) is -0.0480. The van der Waals surface area contributed by atoms with Gasteiger partial charge in [-0.1, -0.05) is 59.6 Å². The third kappa shape index (κ3) is 4.24. The minimum Gasteiger partial charge on any atom is -0.496 e. The molecule has 0 aromatic heterocycles. The normalized spacial score (nSPS) is 17.6. The lowest BCUT2D eigenvalue weighted by atomic mass is 9.95. The quantitative estimate of drug-likeness (QED) is 0.421. The Kier molecular flexibility index (Phi) is 6.16. The fourth-order valence-electron chi connectivity index (χ4n) is 3.75. The van der Waals surface area contributed by atoms with Crippen LogP contribution in [0, 0.1) is 0 Å². The Labute approximate surface area is 190 Å². The summed E-state index contributed by atoms with van der Waals surface area (Å²) in [4.78, 5) is 27.7. The molecular formula is C24H20Cl2N2O3. The molecule has 1 aliphatic rings. The first-order valence-corrected chi connectivity index (χ1v) is 10.6. The van der Waals surface area contributed by atoms with E-state index < -0.39 is 5.50 Å². The highest BCUT2D eigenvalue weighted by Crippen LogP contribution is 2.41. The number of fused-ring (bicyclic) bond motifs is 1. The van der Waals surface area contributed by atoms with Crippen molar-refractivity contribution in [3.8, 4) is 5.75 Å². The van der Waals surface area contributed by atoms with E-state index in [1.807, 2.05) is 24.3 Å². The number of benzene rings is 3. The minimum absolute atomic E-state index is 0.208. The van der Waals surface area contributed by atoms with Crippen molar-refractivity contribution >= 4 is 40.7 Å². The van der Waals surface area contributed by atoms with Gasteiger partial charge in [-0.05, 0) is 42.0 Å². The van der Waals surface area contributed by atoms with Crippen molar-refractivity contribution in [3.05, 3.63) is 94.5 Å². The monoisotopic (exact) mass is 454 g/mol. The molecule has 31 heavy (non-hydrogen) atoms. The lowest BCUT2D eigenvalue weighted by molar-refractivity contribution is 0.0932. The van der Waals surface area contributed by atoms with Crippen LogP contribution in [0.25, 0.3) is 0 Å². The van der Waals surface area contributed by atoms with Crippen molar-refractivity contribution in [2.45, 2.75) is 18.0 Å². The maximum Gasteiger partial charge on any atom is 0.263 e. The number of methoxy groups -OCH3 is 1. The highest BCUT2D eigenvalue weighted by Gasteiger charge is 2.37. The van der Waals surface area contributed by atoms with Gasteiger partial charge in [0, 0.05) is 17.0 Å². The summed E-state index contributed by atoms with van der Waals surface area (Å²) < 4.78 is 5.35. The second-order valence-electron chi connectivity index (χ2n) is 7.14. The van der Waals surface area contributed by atoms with Gasteiger partial charge in [-0.15, -0.1) is 0 Å². The SMILES string of the molecule is COc1ccccc1C(=O)N1c2cc(Cl)ccc2C(NC(=O)c2ccccc2)CC1Cl. The molecule has 7 heteroatoms. The Morgan fingerprint density at radius 2 is 1.74 bits per heavy atom. The van der Waals surface area contributed by atoms with Crippen molar-refractivity contribution in [2.75, 3.05) is 12.0 Å². The molecule has 4 rings (SSSR count). The molecule has 1 N–H and O–H groups in total. The first kappa shape index (κ1) is 21.2. The van der Waals surface area contributed by atoms with Gasteiger partial charge < -0.3 is 10.1 Å². The smallest absolute Gasteiger partial charge is 0.263 e. The van der Waals surface area contributed by atoms with Crippen LogP contribution >= 0.6 is 23.2 Å². The molecule has 2 atom stereocenters. The number of ether oxygens (including phenoxy) is 1. The van der Waals surface area contributed by atoms with E-state index in [0.29, 0.717) is 34.0 Å². The van der Waals surface area contributed by atoms with Crippen molar-refractivity contribution in [3.63, 3.8) is 0 Å². The molecule has 158 valence electrons. The molecule has 0 aliphatic carbocycles. The maximum absolute atomic E-state index is 13.4. The second kappa shape index (κ2) is 9.00. The number of amides is 2. The van der Waals surface area contributed by atoms with E-state index in [-0.39, 0.29) is 17.9 Å². The molecule has 0 fully saturated rings. The average molecular weight is 455 g/mol. The summed E-state index contributed by atoms with van der Waals surface area (Å²) in [6.07, 6.45) is 0.343. The number of hydrogen-bond acceptors (Lipinski definition) is 3. The molecule has 3 aromatic carbocycles. The molecular weight excluding hydrogens is 435 g/mol. The Bertz CT molecular complexity index is 1120. The van der Waals surface area contributed by atoms with Gasteiger partial charge in [-0.3, -0.25) is 14.5 Å². The highest BCUT2D eigenvalue weighted by atomic mass is 35.5. The summed E-state index contributed by atoms with van der Waals surface area (Å²) in [5, 5.41) is 3.50. The van der Waals surface area contributed by atoms with E-state index in [0.717, 1.165) is 5.56 Å². The molecule has 2 amide bonds. The number of nitrogens with one attached hydrogen (secondary N) is 1. The zero-order valence-corrected chi connectivity index (χ0v) is 18.2. The molecule has 1 heterocycles. The van der Waals surface area contributed by atoms with Gasteiger partial charge in [-0.25, -0.2) is 0 Å². The summed E-state index contributed by atoms with van der Waals surface area (Å²) in [7, 11) is 1.51. The van der Waals surface area contributed by atoms with Gasteiger partial charge in [0.15, 0.2) is 0 Å². The third-order valence-electron chi connectivity index (χ3n) is 5.24. The Hall–Kier alpha value is -3.02. The number of carbonyl (C=O) groups is 2. The van der Waals surface area contributed by atoms with Crippen LogP contribution in [0.5, 0.6) is 5.75 Å². The van der Waals surface area contributed by atoms with Crippen molar-refractivity contribution < 1.29 is 14.3 Å². The first-order chi connectivity index (χ1) is 15.0. The molecule has 0 radical (unpaired) electrons. The Morgan fingerprint density at radius 1 is 1.03 bits per heavy atom. The number of carbonyl (C=O) groups excluding carboxylic acids is 2. The molecule has 1 aliphatic heterocycles. The van der Waals surface area contributed by atoms with Gasteiger partial charge in [0.25, 0.3) is 11.8 Å². The van der Waals surface area contributed by atoms with E-state index in [1.165, 1.54) is 12.0 Å². The van der Waals surface area contributed by atoms with Gasteiger partial charge in [0.2, 0.25) is 0 Å². The number of halogens is 2. The number of hydrogen-bond donors (Lipinski definition) is 1. The van der Waals surface area contributed by atoms with Crippen LogP contribution in [0.1, 0.15) is 38.7 Å². The van der Waals surface area contributed by atoms with Crippen LogP contribution in [0.2, 0.25) is 5.02 Å². The van der Waals surface area contributed by atoms with Gasteiger partial charge in [-0.2, -0.15) is 0 Å². The number of para-hydroxylation sites is 1. The van der Waals surface area contributed by atoms with Gasteiger partial charge >= 0.3 is 0 Å². The molecule has 0 bridgehead atoms. The average Bonchev–Trinajstić information content (AvgIpc) is 2.79. The lowest BCUT2D eigenvalue weighted by Crippen LogP contribution is -2.45. The van der Waals surface area contributed by atoms with Crippen molar-refractivity contribution in [1.82, 2.24) is 5.32 Å². The van der Waals surface area contributed by atoms with Crippen LogP contribution in [-0.4, -0.2) is 24.4 Å². The summed E-state index contributed by atoms with van der Waals surface area (Å²) >= 11 is 13.0. The van der Waals surface area contributed by atoms with E-state index in [9.17, 15) is 9.59 Å². The van der Waals surface area contributed by atoms with E-state index in [4.69, 9.17) is 27.9 Å². The van der Waals surface area contributed by atoms with Gasteiger partial charge in [0.1, 0.15) is 11.3 Å². The van der Waals surface area contributed by atoms with Crippen molar-refractivity contribution in [1.29, 1.82) is 0 Å². The zero-order valence-electron chi connectivity index (χ0n) is 16.7. The fourth-order valence-corrected chi connectivity index (χ4v) is 4.29. The topological polar surface area (TPSA) is 58.6 Å². The predicted octanol–water partition coefficient (Wildman–Crippen LogP) is 5.44. The van der Waals surface area contributed by atoms with Crippen molar-refractivity contribution in [2.24, 2.45) is 0 Å². The summed E-state index contributed by atoms with van der Waals surface area (Å²) in [5.41, 5.74) is 1.59. The highest BCUT2D eigenvalue weighted by molar-refractivity contribution is 6.31. The number of anilines is 1. The Morgan fingerprint density at radius 3 is 2.48 bits per heavy atom. The fraction of sp³-hybridized carbons (Fsp3) is 0.167. The maximum atomic E-state index is 13.4. The minimum atomic E-state index is -0.690. The zero-order chi connectivity index (χ0) is 22.0. The number of nitrogens with zero attached hydrogens (tertiary/aromatic N) is 1. The Balaban J connectivity index is 1.71. The van der Waals surface area contributed by atoms with Gasteiger partial charge in [0.05, 0.1) is 24.4 Å². The predicted molar refractivity (Wildman–Crippen MR) is 122 cm³/mol. The summed E-state index contributed by atoms with van der Waals surface area (Å²) in [6, 6.07) is 20.8. The molecule has 2 unspecified atom stereocenters. The van der Waals surface area contributed by atoms with Crippen LogP contribution in [0.3, 0.4) is 0 Å². The van der Waals surface area contributed by atoms with Crippen LogP contribution < -0.4 is 15.0 Å². The molecule has 0 saturated carbocycles. The van der Waals surface area contributed by atoms with Crippen LogP contribution in [-0.2, 0) is 0 Å². The summed E-state index contributed by atoms with van der Waals surface area (Å²) in [6.45, 7) is 0.